The number of aliphatic hydroxyl groups excluding tert-OH is 1. The summed E-state index contributed by atoms with van der Waals surface area (Å²) in [6, 6.07) is 13.2. The molecule has 0 radical (unpaired) electrons. The minimum Gasteiger partial charge on any atom is -0.507 e. The van der Waals surface area contributed by atoms with Crippen molar-refractivity contribution in [3.8, 4) is 5.75 Å². The monoisotopic (exact) mass is 482 g/mol. The lowest BCUT2D eigenvalue weighted by Gasteiger charge is -2.25. The number of methoxy groups -OCH3 is 1. The Bertz CT molecular complexity index is 1320. The molecule has 0 aliphatic carbocycles. The van der Waals surface area contributed by atoms with Crippen LogP contribution in [0.3, 0.4) is 0 Å². The second-order valence-corrected chi connectivity index (χ2v) is 8.06. The number of carbonyl (C=O) groups excluding carboxylic acids is 2. The van der Waals surface area contributed by atoms with E-state index in [0.717, 1.165) is 17.0 Å². The topological polar surface area (TPSA) is 79.7 Å². The van der Waals surface area contributed by atoms with Crippen LogP contribution in [0.1, 0.15) is 34.0 Å². The van der Waals surface area contributed by atoms with Crippen LogP contribution in [0.5, 0.6) is 5.75 Å². The molecular weight excluding hydrogens is 461 g/mol. The van der Waals surface area contributed by atoms with Crippen molar-refractivity contribution in [1.29, 1.82) is 0 Å². The number of Topliss-reactive ketones (excluding diaryl/α,β-unsaturated/α-hetero) is 1. The van der Waals surface area contributed by atoms with Crippen LogP contribution in [0.25, 0.3) is 5.76 Å². The maximum Gasteiger partial charge on any atom is 0.416 e. The van der Waals surface area contributed by atoms with Gasteiger partial charge in [-0.25, -0.2) is 0 Å². The van der Waals surface area contributed by atoms with Crippen molar-refractivity contribution < 1.29 is 32.6 Å². The number of carbonyl (C=O) groups is 2. The molecule has 1 atom stereocenters. The fraction of sp³-hybridized carbons (Fsp3) is 0.192. The van der Waals surface area contributed by atoms with E-state index >= 15 is 0 Å². The summed E-state index contributed by atoms with van der Waals surface area (Å²) in [4.78, 5) is 31.6. The largest absolute Gasteiger partial charge is 0.507 e. The highest BCUT2D eigenvalue weighted by Gasteiger charge is 2.47. The van der Waals surface area contributed by atoms with Gasteiger partial charge in [0.25, 0.3) is 11.7 Å². The normalized spacial score (nSPS) is 17.6. The molecular formula is C26H21F3N2O4. The highest BCUT2D eigenvalue weighted by molar-refractivity contribution is 6.46. The first-order chi connectivity index (χ1) is 16.6. The van der Waals surface area contributed by atoms with Crippen molar-refractivity contribution >= 4 is 17.4 Å². The van der Waals surface area contributed by atoms with Gasteiger partial charge in [-0.05, 0) is 60.5 Å². The number of aromatic nitrogens is 1. The number of aliphatic hydroxyl groups is 1. The molecule has 1 amide bonds. The summed E-state index contributed by atoms with van der Waals surface area (Å²) in [6.07, 6.45) is -3.09. The van der Waals surface area contributed by atoms with Crippen molar-refractivity contribution in [2.45, 2.75) is 25.7 Å². The molecule has 2 heterocycles. The molecule has 4 rings (SSSR count). The van der Waals surface area contributed by atoms with Gasteiger partial charge in [-0.15, -0.1) is 0 Å². The van der Waals surface area contributed by atoms with Crippen LogP contribution in [-0.2, 0) is 22.3 Å². The van der Waals surface area contributed by atoms with E-state index in [9.17, 15) is 27.9 Å². The standard InChI is InChI=1S/C26H21F3N2O4/c1-15-12-18(35-2)9-10-19(15)23(32)21-22(20-8-3-4-11-30-20)31(25(34)24(21)33)14-16-6-5-7-17(13-16)26(27,28)29/h3-13,22,32H,14H2,1-2H3/b23-21-. The molecule has 1 aliphatic heterocycles. The Morgan fingerprint density at radius 2 is 1.86 bits per heavy atom. The molecule has 0 spiro atoms. The highest BCUT2D eigenvalue weighted by Crippen LogP contribution is 2.40. The Morgan fingerprint density at radius 1 is 1.09 bits per heavy atom. The van der Waals surface area contributed by atoms with Crippen LogP contribution in [0.2, 0.25) is 0 Å². The molecule has 0 saturated carbocycles. The number of likely N-dealkylation sites (tertiary alicyclic amines) is 1. The van der Waals surface area contributed by atoms with Crippen LogP contribution in [0.4, 0.5) is 13.2 Å². The zero-order chi connectivity index (χ0) is 25.3. The molecule has 1 aromatic heterocycles. The van der Waals surface area contributed by atoms with Gasteiger partial charge in [-0.2, -0.15) is 13.2 Å². The highest BCUT2D eigenvalue weighted by atomic mass is 19.4. The SMILES string of the molecule is COc1ccc(/C(O)=C2/C(=O)C(=O)N(Cc3cccc(C(F)(F)F)c3)C2c2ccccn2)c(C)c1. The molecule has 35 heavy (non-hydrogen) atoms. The third kappa shape index (κ3) is 4.62. The fourth-order valence-electron chi connectivity index (χ4n) is 4.10. The molecule has 2 aromatic carbocycles. The van der Waals surface area contributed by atoms with Gasteiger partial charge in [0.2, 0.25) is 0 Å². The van der Waals surface area contributed by atoms with E-state index in [2.05, 4.69) is 4.98 Å². The van der Waals surface area contributed by atoms with Crippen LogP contribution in [-0.4, -0.2) is 33.8 Å². The Morgan fingerprint density at radius 3 is 2.49 bits per heavy atom. The zero-order valence-corrected chi connectivity index (χ0v) is 18.8. The van der Waals surface area contributed by atoms with Gasteiger partial charge in [0.1, 0.15) is 17.6 Å². The molecule has 9 heteroatoms. The number of hydrogen-bond acceptors (Lipinski definition) is 5. The summed E-state index contributed by atoms with van der Waals surface area (Å²) in [5.41, 5.74) is 0.355. The number of ether oxygens (including phenoxy) is 1. The number of aryl methyl sites for hydroxylation is 1. The van der Waals surface area contributed by atoms with Crippen LogP contribution in [0.15, 0.2) is 72.4 Å². The van der Waals surface area contributed by atoms with Gasteiger partial charge < -0.3 is 14.7 Å². The summed E-state index contributed by atoms with van der Waals surface area (Å²) in [6.45, 7) is 1.43. The van der Waals surface area contributed by atoms with Crippen molar-refractivity contribution in [2.75, 3.05) is 7.11 Å². The molecule has 0 bridgehead atoms. The minimum atomic E-state index is -4.56. The lowest BCUT2D eigenvalue weighted by Crippen LogP contribution is -2.29. The second-order valence-electron chi connectivity index (χ2n) is 8.06. The summed E-state index contributed by atoms with van der Waals surface area (Å²) >= 11 is 0. The quantitative estimate of drug-likeness (QED) is 0.313. The van der Waals surface area contributed by atoms with Crippen molar-refractivity contribution in [1.82, 2.24) is 9.88 Å². The Labute approximate surface area is 199 Å². The number of rotatable bonds is 5. The lowest BCUT2D eigenvalue weighted by atomic mass is 9.96. The van der Waals surface area contributed by atoms with E-state index < -0.39 is 35.2 Å². The number of ketones is 1. The van der Waals surface area contributed by atoms with Gasteiger partial charge in [-0.3, -0.25) is 14.6 Å². The van der Waals surface area contributed by atoms with E-state index in [4.69, 9.17) is 4.74 Å². The predicted molar refractivity (Wildman–Crippen MR) is 121 cm³/mol. The molecule has 1 N–H and O–H groups in total. The molecule has 3 aromatic rings. The number of benzene rings is 2. The molecule has 180 valence electrons. The summed E-state index contributed by atoms with van der Waals surface area (Å²) < 4.78 is 44.8. The Kier molecular flexibility index (Phi) is 6.34. The average molecular weight is 482 g/mol. The van der Waals surface area contributed by atoms with E-state index in [1.54, 1.807) is 43.3 Å². The van der Waals surface area contributed by atoms with Gasteiger partial charge >= 0.3 is 6.18 Å². The fourth-order valence-corrected chi connectivity index (χ4v) is 4.10. The smallest absolute Gasteiger partial charge is 0.416 e. The van der Waals surface area contributed by atoms with Crippen LogP contribution < -0.4 is 4.74 Å². The number of hydrogen-bond donors (Lipinski definition) is 1. The predicted octanol–water partition coefficient (Wildman–Crippen LogP) is 5.04. The van der Waals surface area contributed by atoms with E-state index in [1.165, 1.54) is 25.4 Å². The molecule has 1 saturated heterocycles. The number of alkyl halides is 3. The second kappa shape index (κ2) is 9.25. The third-order valence-electron chi connectivity index (χ3n) is 5.80. The summed E-state index contributed by atoms with van der Waals surface area (Å²) in [7, 11) is 1.49. The van der Waals surface area contributed by atoms with Gasteiger partial charge in [0.15, 0.2) is 0 Å². The average Bonchev–Trinajstić information content (AvgIpc) is 3.08. The molecule has 1 fully saturated rings. The van der Waals surface area contributed by atoms with E-state index in [-0.39, 0.29) is 17.7 Å². The third-order valence-corrected chi connectivity index (χ3v) is 5.80. The molecule has 1 aliphatic rings. The van der Waals surface area contributed by atoms with Gasteiger partial charge in [0, 0.05) is 18.3 Å². The van der Waals surface area contributed by atoms with Crippen LogP contribution >= 0.6 is 0 Å². The van der Waals surface area contributed by atoms with Crippen molar-refractivity contribution in [3.63, 3.8) is 0 Å². The molecule has 1 unspecified atom stereocenters. The maximum absolute atomic E-state index is 13.2. The van der Waals surface area contributed by atoms with Gasteiger partial charge in [-0.1, -0.05) is 18.2 Å². The van der Waals surface area contributed by atoms with Crippen molar-refractivity contribution in [2.24, 2.45) is 0 Å². The Balaban J connectivity index is 1.84. The molecule has 6 nitrogen and oxygen atoms in total. The first-order valence-corrected chi connectivity index (χ1v) is 10.6. The number of pyridine rings is 1. The summed E-state index contributed by atoms with van der Waals surface area (Å²) in [5.74, 6) is -1.73. The number of nitrogens with zero attached hydrogens (tertiary/aromatic N) is 2. The van der Waals surface area contributed by atoms with E-state index in [0.29, 0.717) is 22.6 Å². The first kappa shape index (κ1) is 24.0. The number of halogens is 3. The lowest BCUT2D eigenvalue weighted by molar-refractivity contribution is -0.140. The van der Waals surface area contributed by atoms with E-state index in [1.807, 2.05) is 0 Å². The maximum atomic E-state index is 13.2. The van der Waals surface area contributed by atoms with Gasteiger partial charge in [0.05, 0.1) is 23.9 Å². The van der Waals surface area contributed by atoms with Crippen molar-refractivity contribution in [3.05, 3.63) is 100 Å². The Hall–Kier alpha value is -4.14. The zero-order valence-electron chi connectivity index (χ0n) is 18.8. The van der Waals surface area contributed by atoms with Crippen LogP contribution in [0, 0.1) is 6.92 Å². The number of amides is 1. The summed E-state index contributed by atoms with van der Waals surface area (Å²) in [5, 5.41) is 11.2. The first-order valence-electron chi connectivity index (χ1n) is 10.6. The minimum absolute atomic E-state index is 0.184.